The first-order chi connectivity index (χ1) is 9.22. The summed E-state index contributed by atoms with van der Waals surface area (Å²) in [5, 5.41) is 4.12. The van der Waals surface area contributed by atoms with E-state index in [0.717, 1.165) is 30.1 Å². The van der Waals surface area contributed by atoms with Crippen LogP contribution in [0.25, 0.3) is 11.5 Å². The van der Waals surface area contributed by atoms with Gasteiger partial charge in [-0.15, -0.1) is 0 Å². The molecular weight excluding hydrogens is 240 g/mol. The molecule has 0 bridgehead atoms. The number of pyridine rings is 1. The molecule has 0 aliphatic heterocycles. The Bertz CT molecular complexity index is 558. The Morgan fingerprint density at radius 3 is 2.74 bits per heavy atom. The van der Waals surface area contributed by atoms with Gasteiger partial charge in [0.25, 0.3) is 5.89 Å². The molecule has 2 heterocycles. The number of anilines is 1. The van der Waals surface area contributed by atoms with Crippen LogP contribution in [0, 0.1) is 5.92 Å². The number of aromatic nitrogens is 3. The number of nitrogens with two attached hydrogens (primary N) is 1. The van der Waals surface area contributed by atoms with Crippen LogP contribution in [0.4, 0.5) is 5.69 Å². The van der Waals surface area contributed by atoms with E-state index in [0.29, 0.717) is 17.5 Å². The van der Waals surface area contributed by atoms with E-state index in [9.17, 15) is 0 Å². The Balaban J connectivity index is 1.80. The predicted octanol–water partition coefficient (Wildman–Crippen LogP) is 3.01. The second kappa shape index (κ2) is 4.99. The van der Waals surface area contributed by atoms with Crippen LogP contribution in [0.1, 0.15) is 44.3 Å². The van der Waals surface area contributed by atoms with Crippen LogP contribution in [0.2, 0.25) is 0 Å². The van der Waals surface area contributed by atoms with Crippen molar-refractivity contribution in [2.24, 2.45) is 5.92 Å². The first-order valence-electron chi connectivity index (χ1n) is 6.77. The maximum absolute atomic E-state index is 5.71. The van der Waals surface area contributed by atoms with Gasteiger partial charge in [0.2, 0.25) is 0 Å². The Hall–Kier alpha value is -1.91. The van der Waals surface area contributed by atoms with Gasteiger partial charge < -0.3 is 10.3 Å². The average Bonchev–Trinajstić information content (AvgIpc) is 2.89. The van der Waals surface area contributed by atoms with Gasteiger partial charge in [0.1, 0.15) is 0 Å². The van der Waals surface area contributed by atoms with Gasteiger partial charge in [0.15, 0.2) is 5.82 Å². The van der Waals surface area contributed by atoms with E-state index in [2.05, 4.69) is 22.0 Å². The monoisotopic (exact) mass is 258 g/mol. The van der Waals surface area contributed by atoms with Crippen LogP contribution in [0.5, 0.6) is 0 Å². The van der Waals surface area contributed by atoms with Crippen LogP contribution >= 0.6 is 0 Å². The summed E-state index contributed by atoms with van der Waals surface area (Å²) >= 11 is 0. The maximum Gasteiger partial charge on any atom is 0.259 e. The molecule has 1 aliphatic rings. The number of rotatable bonds is 2. The highest BCUT2D eigenvalue weighted by Gasteiger charge is 2.24. The fraction of sp³-hybridized carbons (Fsp3) is 0.500. The molecule has 100 valence electrons. The van der Waals surface area contributed by atoms with E-state index in [-0.39, 0.29) is 0 Å². The van der Waals surface area contributed by atoms with Crippen molar-refractivity contribution >= 4 is 5.69 Å². The first-order valence-corrected chi connectivity index (χ1v) is 6.77. The Morgan fingerprint density at radius 1 is 1.21 bits per heavy atom. The fourth-order valence-corrected chi connectivity index (χ4v) is 2.61. The van der Waals surface area contributed by atoms with Gasteiger partial charge in [-0.3, -0.25) is 4.98 Å². The maximum atomic E-state index is 5.71. The van der Waals surface area contributed by atoms with Crippen molar-refractivity contribution in [2.75, 3.05) is 5.73 Å². The second-order valence-electron chi connectivity index (χ2n) is 5.42. The molecule has 5 nitrogen and oxygen atoms in total. The standard InChI is InChI=1S/C14H18N4O/c1-9-2-4-10(5-3-9)13-17-14(19-18-13)11-6-12(15)8-16-7-11/h6-10H,2-5,15H2,1H3. The van der Waals surface area contributed by atoms with Gasteiger partial charge in [-0.25, -0.2) is 0 Å². The van der Waals surface area contributed by atoms with Crippen LogP contribution in [-0.4, -0.2) is 15.1 Å². The molecule has 0 amide bonds. The minimum Gasteiger partial charge on any atom is -0.397 e. The minimum atomic E-state index is 0.433. The van der Waals surface area contributed by atoms with Gasteiger partial charge >= 0.3 is 0 Å². The third-order valence-corrected chi connectivity index (χ3v) is 3.83. The zero-order valence-corrected chi connectivity index (χ0v) is 11.0. The van der Waals surface area contributed by atoms with Crippen molar-refractivity contribution in [3.8, 4) is 11.5 Å². The SMILES string of the molecule is CC1CCC(c2noc(-c3cncc(N)c3)n2)CC1. The van der Waals surface area contributed by atoms with E-state index in [1.165, 1.54) is 12.8 Å². The Morgan fingerprint density at radius 2 is 2.00 bits per heavy atom. The lowest BCUT2D eigenvalue weighted by atomic mass is 9.83. The molecule has 0 radical (unpaired) electrons. The molecule has 1 aliphatic carbocycles. The summed E-state index contributed by atoms with van der Waals surface area (Å²) in [6.45, 7) is 2.30. The molecule has 0 aromatic carbocycles. The van der Waals surface area contributed by atoms with Crippen molar-refractivity contribution < 1.29 is 4.52 Å². The van der Waals surface area contributed by atoms with E-state index in [1.54, 1.807) is 18.5 Å². The summed E-state index contributed by atoms with van der Waals surface area (Å²) in [4.78, 5) is 8.54. The topological polar surface area (TPSA) is 77.8 Å². The van der Waals surface area contributed by atoms with Crippen LogP contribution in [-0.2, 0) is 0 Å². The molecule has 19 heavy (non-hydrogen) atoms. The highest BCUT2D eigenvalue weighted by Crippen LogP contribution is 2.34. The highest BCUT2D eigenvalue weighted by atomic mass is 16.5. The van der Waals surface area contributed by atoms with Crippen molar-refractivity contribution in [3.63, 3.8) is 0 Å². The molecule has 2 aromatic rings. The summed E-state index contributed by atoms with van der Waals surface area (Å²) in [5.74, 6) is 2.58. The lowest BCUT2D eigenvalue weighted by Crippen LogP contribution is -2.11. The van der Waals surface area contributed by atoms with Gasteiger partial charge in [-0.2, -0.15) is 4.98 Å². The van der Waals surface area contributed by atoms with E-state index in [4.69, 9.17) is 10.3 Å². The molecule has 0 spiro atoms. The quantitative estimate of drug-likeness (QED) is 0.895. The van der Waals surface area contributed by atoms with Gasteiger partial charge in [0.05, 0.1) is 11.3 Å². The van der Waals surface area contributed by atoms with Crippen molar-refractivity contribution in [2.45, 2.75) is 38.5 Å². The normalized spacial score (nSPS) is 23.4. The van der Waals surface area contributed by atoms with Gasteiger partial charge in [0, 0.05) is 18.3 Å². The summed E-state index contributed by atoms with van der Waals surface area (Å²) < 4.78 is 5.33. The summed E-state index contributed by atoms with van der Waals surface area (Å²) in [6.07, 6.45) is 8.08. The van der Waals surface area contributed by atoms with Crippen LogP contribution in [0.15, 0.2) is 23.0 Å². The van der Waals surface area contributed by atoms with Crippen molar-refractivity contribution in [1.29, 1.82) is 0 Å². The molecule has 0 saturated heterocycles. The molecule has 2 aromatic heterocycles. The molecule has 5 heteroatoms. The molecule has 1 fully saturated rings. The number of hydrogen-bond donors (Lipinski definition) is 1. The highest BCUT2D eigenvalue weighted by molar-refractivity contribution is 5.57. The largest absolute Gasteiger partial charge is 0.397 e. The van der Waals surface area contributed by atoms with Crippen LogP contribution in [0.3, 0.4) is 0 Å². The number of nitrogens with zero attached hydrogens (tertiary/aromatic N) is 3. The number of nitrogen functional groups attached to an aromatic ring is 1. The molecule has 2 N–H and O–H groups in total. The van der Waals surface area contributed by atoms with Gasteiger partial charge in [-0.1, -0.05) is 24.9 Å². The van der Waals surface area contributed by atoms with Gasteiger partial charge in [-0.05, 0) is 24.8 Å². The minimum absolute atomic E-state index is 0.433. The molecule has 3 rings (SSSR count). The molecule has 0 unspecified atom stereocenters. The van der Waals surface area contributed by atoms with Crippen molar-refractivity contribution in [1.82, 2.24) is 15.1 Å². The lowest BCUT2D eigenvalue weighted by molar-refractivity contribution is 0.329. The zero-order valence-electron chi connectivity index (χ0n) is 11.0. The summed E-state index contributed by atoms with van der Waals surface area (Å²) in [5.41, 5.74) is 7.09. The Kier molecular flexibility index (Phi) is 3.19. The van der Waals surface area contributed by atoms with E-state index >= 15 is 0 Å². The molecule has 0 atom stereocenters. The zero-order chi connectivity index (χ0) is 13.2. The fourth-order valence-electron chi connectivity index (χ4n) is 2.61. The molecular formula is C14H18N4O. The third-order valence-electron chi connectivity index (χ3n) is 3.83. The third kappa shape index (κ3) is 2.59. The predicted molar refractivity (Wildman–Crippen MR) is 72.3 cm³/mol. The summed E-state index contributed by atoms with van der Waals surface area (Å²) in [6, 6.07) is 1.80. The van der Waals surface area contributed by atoms with E-state index in [1.807, 2.05) is 0 Å². The lowest BCUT2D eigenvalue weighted by Gasteiger charge is -2.23. The second-order valence-corrected chi connectivity index (χ2v) is 5.42. The molecule has 1 saturated carbocycles. The Labute approximate surface area is 112 Å². The average molecular weight is 258 g/mol. The smallest absolute Gasteiger partial charge is 0.259 e. The first kappa shape index (κ1) is 12.1. The van der Waals surface area contributed by atoms with E-state index < -0.39 is 0 Å². The number of hydrogen-bond acceptors (Lipinski definition) is 5. The summed E-state index contributed by atoms with van der Waals surface area (Å²) in [7, 11) is 0. The van der Waals surface area contributed by atoms with Crippen LogP contribution < -0.4 is 5.73 Å². The van der Waals surface area contributed by atoms with Crippen molar-refractivity contribution in [3.05, 3.63) is 24.3 Å².